The summed E-state index contributed by atoms with van der Waals surface area (Å²) in [4.78, 5) is 66.1. The highest BCUT2D eigenvalue weighted by molar-refractivity contribution is 5.85. The molecule has 16 aromatic rings. The van der Waals surface area contributed by atoms with Crippen LogP contribution < -0.4 is 0 Å². The lowest BCUT2D eigenvalue weighted by Gasteiger charge is -1.97. The molecule has 0 amide bonds. The lowest BCUT2D eigenvalue weighted by Crippen LogP contribution is -1.85. The molecule has 0 fully saturated rings. The number of benzene rings is 1. The summed E-state index contributed by atoms with van der Waals surface area (Å²) in [6.07, 6.45) is 34.1. The predicted molar refractivity (Wildman–Crippen MR) is 445 cm³/mol. The Morgan fingerprint density at radius 3 is 1.23 bits per heavy atom. The SMILES string of the molecule is CC.CC.CC.CC.CC.CC.CC.CC.Cc1cnc2cccnc2c1.Cc1cnc2ccncc2c1.Cc1cnc2cnccc2c1.Cc1cnc2ncccc2c1.Cc1nccc2ccncc12.Cc1nccc2cnccc12.Cc1nccc2ncccc12.Cc1ncnc2ccccc12. The van der Waals surface area contributed by atoms with Gasteiger partial charge in [0.05, 0.1) is 39.3 Å². The minimum absolute atomic E-state index is 0.818. The fraction of sp³-hybridized carbons (Fsp3) is 0.273. The molecule has 544 valence electrons. The van der Waals surface area contributed by atoms with Gasteiger partial charge in [-0.05, 0) is 192 Å². The van der Waals surface area contributed by atoms with Crippen molar-refractivity contribution in [2.24, 2.45) is 0 Å². The van der Waals surface area contributed by atoms with E-state index in [-0.39, 0.29) is 0 Å². The topological polar surface area (TPSA) is 206 Å². The van der Waals surface area contributed by atoms with Crippen LogP contribution in [0.3, 0.4) is 0 Å². The molecule has 0 aliphatic rings. The van der Waals surface area contributed by atoms with Crippen molar-refractivity contribution in [3.8, 4) is 0 Å². The Hall–Kier alpha value is -11.5. The van der Waals surface area contributed by atoms with E-state index >= 15 is 0 Å². The Kier molecular flexibility index (Phi) is 48.0. The van der Waals surface area contributed by atoms with E-state index in [2.05, 4.69) is 97.9 Å². The summed E-state index contributed by atoms with van der Waals surface area (Å²) < 4.78 is 0. The first-order valence-electron chi connectivity index (χ1n) is 36.3. The standard InChI is InChI=1S/8C9H8N2.8C2H6/c1-7-9-3-4-10-6-8(9)2-5-11-7;1-7-9-6-10-4-2-8(9)3-5-11-7;1-7-4-8-6-10-3-2-9(8)11-5-7;1-7-4-8-2-3-10-6-9(8)11-5-7;1-7-8-3-2-5-11-9(8)4-6-10-7;1-7-5-9-8(11-6-7)3-2-4-10-9;1-7-5-8-3-2-4-10-9(8)11-6-7;1-7-8-4-2-3-5-9(8)11-6-10-7;8*1-2/h8*2-6H,1H3;8*1-2H3. The number of pyridine rings is 14. The summed E-state index contributed by atoms with van der Waals surface area (Å²) in [6, 6.07) is 41.8. The quantitative estimate of drug-likeness (QED) is 0.138. The van der Waals surface area contributed by atoms with E-state index in [0.717, 1.165) is 105 Å². The molecular weight excluding hydrogens is 1280 g/mol. The molecule has 16 rings (SSSR count). The monoisotopic (exact) mass is 1390 g/mol. The van der Waals surface area contributed by atoms with E-state index in [9.17, 15) is 0 Å². The van der Waals surface area contributed by atoms with Crippen LogP contribution in [0, 0.1) is 55.4 Å². The Balaban J connectivity index is 0.000000578. The van der Waals surface area contributed by atoms with Gasteiger partial charge in [0.15, 0.2) is 5.65 Å². The number of nitrogens with zero attached hydrogens (tertiary/aromatic N) is 16. The minimum Gasteiger partial charge on any atom is -0.264 e. The highest BCUT2D eigenvalue weighted by atomic mass is 14.8. The molecule has 0 saturated heterocycles. The Morgan fingerprint density at radius 2 is 0.596 bits per heavy atom. The minimum atomic E-state index is 0.818. The number of rotatable bonds is 0. The van der Waals surface area contributed by atoms with Gasteiger partial charge in [0.1, 0.15) is 6.33 Å². The molecule has 0 spiro atoms. The average molecular weight is 1390 g/mol. The fourth-order valence-corrected chi connectivity index (χ4v) is 8.90. The summed E-state index contributed by atoms with van der Waals surface area (Å²) >= 11 is 0. The first-order chi connectivity index (χ1) is 50.9. The molecule has 0 saturated carbocycles. The van der Waals surface area contributed by atoms with Crippen LogP contribution in [-0.2, 0) is 0 Å². The third-order valence-corrected chi connectivity index (χ3v) is 13.4. The zero-order chi connectivity index (χ0) is 77.5. The number of hydrogen-bond acceptors (Lipinski definition) is 16. The maximum atomic E-state index is 4.24. The van der Waals surface area contributed by atoms with Crippen LogP contribution in [0.5, 0.6) is 0 Å². The summed E-state index contributed by atoms with van der Waals surface area (Å²) in [5, 5.41) is 10.3. The Labute approximate surface area is 620 Å². The van der Waals surface area contributed by atoms with Gasteiger partial charge in [-0.1, -0.05) is 129 Å². The van der Waals surface area contributed by atoms with Crippen LogP contribution >= 0.6 is 0 Å². The molecule has 15 aromatic heterocycles. The molecule has 0 bridgehead atoms. The predicted octanol–water partition coefficient (Wildman–Crippen LogP) is 23.7. The van der Waals surface area contributed by atoms with E-state index in [1.54, 1.807) is 68.3 Å². The summed E-state index contributed by atoms with van der Waals surface area (Å²) in [5.41, 5.74) is 15.6. The zero-order valence-corrected chi connectivity index (χ0v) is 66.2. The van der Waals surface area contributed by atoms with Crippen molar-refractivity contribution in [3.63, 3.8) is 0 Å². The van der Waals surface area contributed by atoms with Crippen LogP contribution in [0.4, 0.5) is 0 Å². The molecular formula is C88H112N16. The molecule has 16 heteroatoms. The fourth-order valence-electron chi connectivity index (χ4n) is 8.90. The van der Waals surface area contributed by atoms with Crippen molar-refractivity contribution < 1.29 is 0 Å². The second-order valence-electron chi connectivity index (χ2n) is 20.2. The van der Waals surface area contributed by atoms with Gasteiger partial charge >= 0.3 is 0 Å². The van der Waals surface area contributed by atoms with Gasteiger partial charge in [-0.3, -0.25) is 59.8 Å². The van der Waals surface area contributed by atoms with Crippen molar-refractivity contribution >= 4 is 87.2 Å². The first-order valence-corrected chi connectivity index (χ1v) is 36.3. The number of para-hydroxylation sites is 1. The largest absolute Gasteiger partial charge is 0.264 e. The van der Waals surface area contributed by atoms with Gasteiger partial charge in [0.25, 0.3) is 0 Å². The van der Waals surface area contributed by atoms with Crippen molar-refractivity contribution in [2.75, 3.05) is 0 Å². The van der Waals surface area contributed by atoms with Gasteiger partial charge in [-0.2, -0.15) is 0 Å². The van der Waals surface area contributed by atoms with Crippen LogP contribution in [0.1, 0.15) is 156 Å². The highest BCUT2D eigenvalue weighted by Crippen LogP contribution is 2.17. The number of aryl methyl sites for hydroxylation is 8. The molecule has 0 radical (unpaired) electrons. The van der Waals surface area contributed by atoms with Gasteiger partial charge < -0.3 is 0 Å². The number of aromatic nitrogens is 16. The third-order valence-electron chi connectivity index (χ3n) is 13.4. The van der Waals surface area contributed by atoms with E-state index < -0.39 is 0 Å². The summed E-state index contributed by atoms with van der Waals surface area (Å²) in [5.74, 6) is 0. The Bertz CT molecular complexity index is 4250. The van der Waals surface area contributed by atoms with E-state index in [0.29, 0.717) is 0 Å². The molecule has 0 N–H and O–H groups in total. The van der Waals surface area contributed by atoms with Crippen molar-refractivity contribution in [1.82, 2.24) is 79.7 Å². The van der Waals surface area contributed by atoms with Gasteiger partial charge in [0.2, 0.25) is 0 Å². The molecule has 15 heterocycles. The lowest BCUT2D eigenvalue weighted by molar-refractivity contribution is 1.15. The molecule has 16 nitrogen and oxygen atoms in total. The van der Waals surface area contributed by atoms with Crippen LogP contribution in [-0.4, -0.2) is 79.7 Å². The second-order valence-corrected chi connectivity index (χ2v) is 20.2. The second kappa shape index (κ2) is 55.2. The summed E-state index contributed by atoms with van der Waals surface area (Å²) in [6.45, 7) is 48.1. The van der Waals surface area contributed by atoms with Crippen molar-refractivity contribution in [1.29, 1.82) is 0 Å². The van der Waals surface area contributed by atoms with Gasteiger partial charge in [0, 0.05) is 171 Å². The van der Waals surface area contributed by atoms with E-state index in [1.807, 2.05) is 325 Å². The van der Waals surface area contributed by atoms with E-state index in [4.69, 9.17) is 0 Å². The maximum absolute atomic E-state index is 4.24. The van der Waals surface area contributed by atoms with Gasteiger partial charge in [-0.15, -0.1) is 0 Å². The first kappa shape index (κ1) is 90.5. The van der Waals surface area contributed by atoms with Crippen molar-refractivity contribution in [3.05, 3.63) is 290 Å². The maximum Gasteiger partial charge on any atom is 0.159 e. The van der Waals surface area contributed by atoms with Crippen LogP contribution in [0.25, 0.3) is 87.2 Å². The van der Waals surface area contributed by atoms with Gasteiger partial charge in [-0.25, -0.2) is 19.9 Å². The molecule has 1 aromatic carbocycles. The van der Waals surface area contributed by atoms with E-state index in [1.165, 1.54) is 27.5 Å². The number of hydrogen-bond donors (Lipinski definition) is 0. The van der Waals surface area contributed by atoms with Crippen LogP contribution in [0.15, 0.2) is 245 Å². The molecule has 0 unspecified atom stereocenters. The van der Waals surface area contributed by atoms with Crippen molar-refractivity contribution in [2.45, 2.75) is 166 Å². The summed E-state index contributed by atoms with van der Waals surface area (Å²) in [7, 11) is 0. The molecule has 0 aliphatic carbocycles. The third kappa shape index (κ3) is 31.2. The Morgan fingerprint density at radius 1 is 0.192 bits per heavy atom. The number of fused-ring (bicyclic) bond motifs is 8. The molecule has 104 heavy (non-hydrogen) atoms. The lowest BCUT2D eigenvalue weighted by atomic mass is 10.2. The normalized spacial score (nSPS) is 9.15. The highest BCUT2D eigenvalue weighted by Gasteiger charge is 2.00. The molecule has 0 aliphatic heterocycles. The average Bonchev–Trinajstić information content (AvgIpc) is 0.864. The molecule has 0 atom stereocenters. The zero-order valence-electron chi connectivity index (χ0n) is 66.2. The smallest absolute Gasteiger partial charge is 0.159 e. The van der Waals surface area contributed by atoms with Crippen LogP contribution in [0.2, 0.25) is 0 Å².